The van der Waals surface area contributed by atoms with Gasteiger partial charge in [-0.2, -0.15) is 0 Å². The number of hydrogen-bond donors (Lipinski definition) is 1. The number of rotatable bonds is 6. The van der Waals surface area contributed by atoms with Crippen LogP contribution in [0.25, 0.3) is 10.4 Å². The maximum absolute atomic E-state index is 12.1. The smallest absolute Gasteiger partial charge is 0.261 e. The summed E-state index contributed by atoms with van der Waals surface area (Å²) in [5.74, 6) is 1.56. The molecule has 0 fully saturated rings. The maximum atomic E-state index is 12.1. The highest BCUT2D eigenvalue weighted by Crippen LogP contribution is 2.36. The SMILES string of the molecule is CCCCCNC(=O)c1ccc(-c2ccc3c(c2)OCCO3)s1. The third-order valence-electron chi connectivity index (χ3n) is 3.72. The molecule has 1 N–H and O–H groups in total. The number of hydrogen-bond acceptors (Lipinski definition) is 4. The number of nitrogens with one attached hydrogen (secondary N) is 1. The van der Waals surface area contributed by atoms with Crippen molar-refractivity contribution in [3.05, 3.63) is 35.2 Å². The molecule has 1 aliphatic heterocycles. The van der Waals surface area contributed by atoms with Crippen LogP contribution in [0.3, 0.4) is 0 Å². The van der Waals surface area contributed by atoms with Crippen molar-refractivity contribution in [3.63, 3.8) is 0 Å². The molecule has 3 rings (SSSR count). The van der Waals surface area contributed by atoms with Crippen LogP contribution in [0.4, 0.5) is 0 Å². The van der Waals surface area contributed by atoms with Gasteiger partial charge in [-0.15, -0.1) is 11.3 Å². The molecule has 0 radical (unpaired) electrons. The quantitative estimate of drug-likeness (QED) is 0.811. The molecule has 0 saturated carbocycles. The molecular weight excluding hydrogens is 310 g/mol. The fourth-order valence-corrected chi connectivity index (χ4v) is 3.39. The zero-order valence-corrected chi connectivity index (χ0v) is 14.1. The lowest BCUT2D eigenvalue weighted by molar-refractivity contribution is 0.0957. The second-order valence-corrected chi connectivity index (χ2v) is 6.57. The Balaban J connectivity index is 1.68. The number of carbonyl (C=O) groups is 1. The molecule has 0 bridgehead atoms. The third-order valence-corrected chi connectivity index (χ3v) is 4.86. The van der Waals surface area contributed by atoms with E-state index >= 15 is 0 Å². The van der Waals surface area contributed by atoms with Crippen molar-refractivity contribution in [3.8, 4) is 21.9 Å². The molecule has 1 aromatic carbocycles. The Hall–Kier alpha value is -2.01. The number of fused-ring (bicyclic) bond motifs is 1. The Bertz CT molecular complexity index is 681. The highest BCUT2D eigenvalue weighted by atomic mass is 32.1. The number of amides is 1. The standard InChI is InChI=1S/C18H21NO3S/c1-2-3-4-9-19-18(20)17-8-7-16(23-17)13-5-6-14-15(12-13)22-11-10-21-14/h5-8,12H,2-4,9-11H2,1H3,(H,19,20). The zero-order valence-electron chi connectivity index (χ0n) is 13.3. The van der Waals surface area contributed by atoms with E-state index in [1.165, 1.54) is 11.3 Å². The van der Waals surface area contributed by atoms with Gasteiger partial charge in [-0.3, -0.25) is 4.79 Å². The van der Waals surface area contributed by atoms with Crippen molar-refractivity contribution >= 4 is 17.2 Å². The lowest BCUT2D eigenvalue weighted by Crippen LogP contribution is -2.23. The fourth-order valence-electron chi connectivity index (χ4n) is 2.48. The van der Waals surface area contributed by atoms with Crippen LogP contribution in [-0.4, -0.2) is 25.7 Å². The number of unbranched alkanes of at least 4 members (excludes halogenated alkanes) is 2. The lowest BCUT2D eigenvalue weighted by atomic mass is 10.1. The molecule has 1 amide bonds. The Morgan fingerprint density at radius 3 is 2.78 bits per heavy atom. The first kappa shape index (κ1) is 15.9. The molecule has 4 nitrogen and oxygen atoms in total. The molecular formula is C18H21NO3S. The highest BCUT2D eigenvalue weighted by molar-refractivity contribution is 7.17. The van der Waals surface area contributed by atoms with Gasteiger partial charge in [0.2, 0.25) is 0 Å². The van der Waals surface area contributed by atoms with Gasteiger partial charge >= 0.3 is 0 Å². The predicted molar refractivity (Wildman–Crippen MR) is 92.6 cm³/mol. The minimum absolute atomic E-state index is 0.00916. The molecule has 0 spiro atoms. The predicted octanol–water partition coefficient (Wildman–Crippen LogP) is 4.11. The van der Waals surface area contributed by atoms with E-state index in [1.807, 2.05) is 30.3 Å². The second-order valence-electron chi connectivity index (χ2n) is 5.49. The number of ether oxygens (including phenoxy) is 2. The number of benzene rings is 1. The van der Waals surface area contributed by atoms with Crippen molar-refractivity contribution in [1.82, 2.24) is 5.32 Å². The van der Waals surface area contributed by atoms with Crippen molar-refractivity contribution < 1.29 is 14.3 Å². The largest absolute Gasteiger partial charge is 0.486 e. The number of carbonyl (C=O) groups excluding carboxylic acids is 1. The average Bonchev–Trinajstić information content (AvgIpc) is 3.08. The van der Waals surface area contributed by atoms with E-state index in [4.69, 9.17) is 9.47 Å². The van der Waals surface area contributed by atoms with Gasteiger partial charge in [-0.1, -0.05) is 19.8 Å². The summed E-state index contributed by atoms with van der Waals surface area (Å²) in [5, 5.41) is 2.98. The van der Waals surface area contributed by atoms with E-state index in [0.29, 0.717) is 13.2 Å². The Morgan fingerprint density at radius 1 is 1.13 bits per heavy atom. The highest BCUT2D eigenvalue weighted by Gasteiger charge is 2.14. The summed E-state index contributed by atoms with van der Waals surface area (Å²) in [6.45, 7) is 4.06. The van der Waals surface area contributed by atoms with Gasteiger partial charge in [0, 0.05) is 11.4 Å². The van der Waals surface area contributed by atoms with Gasteiger partial charge in [-0.25, -0.2) is 0 Å². The molecule has 2 heterocycles. The minimum Gasteiger partial charge on any atom is -0.486 e. The van der Waals surface area contributed by atoms with Crippen LogP contribution in [0.15, 0.2) is 30.3 Å². The van der Waals surface area contributed by atoms with Crippen LogP contribution in [0.2, 0.25) is 0 Å². The number of thiophene rings is 1. The van der Waals surface area contributed by atoms with E-state index in [2.05, 4.69) is 12.2 Å². The molecule has 0 saturated heterocycles. The van der Waals surface area contributed by atoms with Gasteiger partial charge in [0.15, 0.2) is 11.5 Å². The summed E-state index contributed by atoms with van der Waals surface area (Å²) in [6.07, 6.45) is 3.33. The Morgan fingerprint density at radius 2 is 1.96 bits per heavy atom. The zero-order chi connectivity index (χ0) is 16.1. The average molecular weight is 331 g/mol. The molecule has 0 atom stereocenters. The summed E-state index contributed by atoms with van der Waals surface area (Å²) < 4.78 is 11.2. The molecule has 122 valence electrons. The topological polar surface area (TPSA) is 47.6 Å². The summed E-state index contributed by atoms with van der Waals surface area (Å²) in [5.41, 5.74) is 1.05. The van der Waals surface area contributed by atoms with Crippen LogP contribution < -0.4 is 14.8 Å². The molecule has 5 heteroatoms. The second kappa shape index (κ2) is 7.51. The molecule has 1 aromatic heterocycles. The van der Waals surface area contributed by atoms with Crippen LogP contribution in [0, 0.1) is 0 Å². The molecule has 0 unspecified atom stereocenters. The van der Waals surface area contributed by atoms with Crippen LogP contribution >= 0.6 is 11.3 Å². The molecule has 0 aliphatic carbocycles. The van der Waals surface area contributed by atoms with Gasteiger partial charge in [0.05, 0.1) is 4.88 Å². The first-order chi connectivity index (χ1) is 11.3. The minimum atomic E-state index is 0.00916. The van der Waals surface area contributed by atoms with E-state index in [1.54, 1.807) is 0 Å². The van der Waals surface area contributed by atoms with Gasteiger partial charge in [0.1, 0.15) is 13.2 Å². The molecule has 1 aliphatic rings. The van der Waals surface area contributed by atoms with Crippen LogP contribution in [0.1, 0.15) is 35.9 Å². The van der Waals surface area contributed by atoms with Crippen molar-refractivity contribution in [2.75, 3.05) is 19.8 Å². The Kier molecular flexibility index (Phi) is 5.18. The van der Waals surface area contributed by atoms with E-state index in [-0.39, 0.29) is 5.91 Å². The summed E-state index contributed by atoms with van der Waals surface area (Å²) in [4.78, 5) is 13.9. The van der Waals surface area contributed by atoms with Gasteiger partial charge < -0.3 is 14.8 Å². The molecule has 2 aromatic rings. The fraction of sp³-hybridized carbons (Fsp3) is 0.389. The summed E-state index contributed by atoms with van der Waals surface area (Å²) in [7, 11) is 0. The maximum Gasteiger partial charge on any atom is 0.261 e. The van der Waals surface area contributed by atoms with Crippen molar-refractivity contribution in [1.29, 1.82) is 0 Å². The normalized spacial score (nSPS) is 12.9. The van der Waals surface area contributed by atoms with E-state index in [9.17, 15) is 4.79 Å². The third kappa shape index (κ3) is 3.85. The van der Waals surface area contributed by atoms with Gasteiger partial charge in [-0.05, 0) is 42.3 Å². The first-order valence-corrected chi connectivity index (χ1v) is 8.87. The Labute approximate surface area is 140 Å². The van der Waals surface area contributed by atoms with Crippen LogP contribution in [0.5, 0.6) is 11.5 Å². The summed E-state index contributed by atoms with van der Waals surface area (Å²) in [6, 6.07) is 9.77. The summed E-state index contributed by atoms with van der Waals surface area (Å²) >= 11 is 1.50. The first-order valence-electron chi connectivity index (χ1n) is 8.06. The lowest BCUT2D eigenvalue weighted by Gasteiger charge is -2.18. The van der Waals surface area contributed by atoms with E-state index < -0.39 is 0 Å². The monoisotopic (exact) mass is 331 g/mol. The van der Waals surface area contributed by atoms with E-state index in [0.717, 1.165) is 52.6 Å². The van der Waals surface area contributed by atoms with Crippen molar-refractivity contribution in [2.24, 2.45) is 0 Å². The van der Waals surface area contributed by atoms with Crippen molar-refractivity contribution in [2.45, 2.75) is 26.2 Å². The molecule has 23 heavy (non-hydrogen) atoms. The van der Waals surface area contributed by atoms with Crippen LogP contribution in [-0.2, 0) is 0 Å². The van der Waals surface area contributed by atoms with Gasteiger partial charge in [0.25, 0.3) is 5.91 Å².